The fourth-order valence-electron chi connectivity index (χ4n) is 0.265. The van der Waals surface area contributed by atoms with Crippen molar-refractivity contribution >= 4 is 11.8 Å². The molecule has 0 aliphatic carbocycles. The van der Waals surface area contributed by atoms with E-state index in [4.69, 9.17) is 10.8 Å². The van der Waals surface area contributed by atoms with Gasteiger partial charge >= 0.3 is 0 Å². The lowest BCUT2D eigenvalue weighted by Gasteiger charge is -2.01. The van der Waals surface area contributed by atoms with E-state index in [9.17, 15) is 9.59 Å². The van der Waals surface area contributed by atoms with Gasteiger partial charge in [-0.15, -0.1) is 0 Å². The Kier molecular flexibility index (Phi) is 8.50. The first-order chi connectivity index (χ1) is 6.31. The van der Waals surface area contributed by atoms with Crippen LogP contribution in [0.2, 0.25) is 0 Å². The Morgan fingerprint density at radius 3 is 2.00 bits per heavy atom. The first-order valence-corrected chi connectivity index (χ1v) is 3.87. The fraction of sp³-hybridized carbons (Fsp3) is 0.333. The summed E-state index contributed by atoms with van der Waals surface area (Å²) in [5.74, 6) is -0.796. The second-order valence-corrected chi connectivity index (χ2v) is 2.53. The largest absolute Gasteiger partial charge is 0.374 e. The summed E-state index contributed by atoms with van der Waals surface area (Å²) in [6, 6.07) is 0. The van der Waals surface area contributed by atoms with Gasteiger partial charge in [0, 0.05) is 5.57 Å². The Morgan fingerprint density at radius 2 is 1.93 bits per heavy atom. The zero-order chi connectivity index (χ0) is 11.7. The van der Waals surface area contributed by atoms with Crippen LogP contribution in [0.25, 0.3) is 0 Å². The van der Waals surface area contributed by atoms with Crippen LogP contribution in [0.5, 0.6) is 0 Å². The fourth-order valence-corrected chi connectivity index (χ4v) is 0.265. The van der Waals surface area contributed by atoms with Gasteiger partial charge in [0.1, 0.15) is 6.23 Å². The molecule has 1 unspecified atom stereocenters. The van der Waals surface area contributed by atoms with Crippen LogP contribution < -0.4 is 11.1 Å². The van der Waals surface area contributed by atoms with Crippen molar-refractivity contribution in [3.8, 4) is 0 Å². The Balaban J connectivity index is 0. The SMILES string of the molecule is C=C(C)C(N)=O.C=CC(=O)NC(C)O. The lowest BCUT2D eigenvalue weighted by atomic mass is 10.3. The number of hydrogen-bond acceptors (Lipinski definition) is 3. The molecular formula is C9H16N2O3. The van der Waals surface area contributed by atoms with Crippen LogP contribution in [0.15, 0.2) is 24.8 Å². The molecule has 0 aliphatic heterocycles. The van der Waals surface area contributed by atoms with Gasteiger partial charge in [-0.25, -0.2) is 0 Å². The Hall–Kier alpha value is -1.62. The third kappa shape index (κ3) is 13.0. The average molecular weight is 200 g/mol. The molecule has 0 radical (unpaired) electrons. The number of carbonyl (C=O) groups excluding carboxylic acids is 2. The maximum atomic E-state index is 10.2. The Morgan fingerprint density at radius 1 is 1.57 bits per heavy atom. The molecule has 0 rings (SSSR count). The highest BCUT2D eigenvalue weighted by molar-refractivity contribution is 5.90. The molecule has 4 N–H and O–H groups in total. The molecule has 14 heavy (non-hydrogen) atoms. The third-order valence-corrected chi connectivity index (χ3v) is 0.957. The molecule has 0 heterocycles. The van der Waals surface area contributed by atoms with E-state index in [-0.39, 0.29) is 5.91 Å². The zero-order valence-corrected chi connectivity index (χ0v) is 8.41. The van der Waals surface area contributed by atoms with E-state index in [1.807, 2.05) is 0 Å². The van der Waals surface area contributed by atoms with Gasteiger partial charge in [0.2, 0.25) is 11.8 Å². The molecule has 0 saturated carbocycles. The number of hydrogen-bond donors (Lipinski definition) is 3. The van der Waals surface area contributed by atoms with Crippen LogP contribution in [0.3, 0.4) is 0 Å². The molecule has 0 saturated heterocycles. The van der Waals surface area contributed by atoms with Crippen molar-refractivity contribution < 1.29 is 14.7 Å². The quantitative estimate of drug-likeness (QED) is 0.430. The number of primary amides is 1. The van der Waals surface area contributed by atoms with Gasteiger partial charge in [-0.2, -0.15) is 0 Å². The maximum Gasteiger partial charge on any atom is 0.245 e. The standard InChI is InChI=1S/C5H9NO2.C4H7NO/c1-3-5(8)6-4(2)7;1-3(2)4(5)6/h3-4,7H,1H2,2H3,(H,6,8);1H2,2H3,(H2,5,6). The summed E-state index contributed by atoms with van der Waals surface area (Å²) in [5.41, 5.74) is 5.09. The normalized spacial score (nSPS) is 10.2. The third-order valence-electron chi connectivity index (χ3n) is 0.957. The van der Waals surface area contributed by atoms with Gasteiger partial charge in [-0.05, 0) is 19.9 Å². The molecule has 2 amide bonds. The highest BCUT2D eigenvalue weighted by Crippen LogP contribution is 1.78. The van der Waals surface area contributed by atoms with E-state index < -0.39 is 12.1 Å². The van der Waals surface area contributed by atoms with Crippen LogP contribution >= 0.6 is 0 Å². The number of rotatable bonds is 3. The topological polar surface area (TPSA) is 92.4 Å². The van der Waals surface area contributed by atoms with Gasteiger partial charge in [-0.3, -0.25) is 9.59 Å². The van der Waals surface area contributed by atoms with Crippen LogP contribution in [-0.4, -0.2) is 23.1 Å². The molecule has 0 spiro atoms. The van der Waals surface area contributed by atoms with Gasteiger partial charge in [0.15, 0.2) is 0 Å². The predicted octanol–water partition coefficient (Wildman–Crippen LogP) is -0.325. The lowest BCUT2D eigenvalue weighted by Crippen LogP contribution is -2.30. The average Bonchev–Trinajstić information content (AvgIpc) is 2.04. The monoisotopic (exact) mass is 200 g/mol. The minimum atomic E-state index is -0.791. The molecule has 0 aromatic heterocycles. The second-order valence-electron chi connectivity index (χ2n) is 2.53. The number of amides is 2. The summed E-state index contributed by atoms with van der Waals surface area (Å²) in [6.45, 7) is 9.50. The molecule has 5 heteroatoms. The van der Waals surface area contributed by atoms with E-state index in [1.165, 1.54) is 6.92 Å². The van der Waals surface area contributed by atoms with Gasteiger partial charge in [0.05, 0.1) is 0 Å². The number of carbonyl (C=O) groups is 2. The maximum absolute atomic E-state index is 10.2. The van der Waals surface area contributed by atoms with Gasteiger partial charge < -0.3 is 16.2 Å². The number of nitrogens with one attached hydrogen (secondary N) is 1. The summed E-state index contributed by atoms with van der Waals surface area (Å²) in [4.78, 5) is 20.1. The summed E-state index contributed by atoms with van der Waals surface area (Å²) >= 11 is 0. The number of nitrogens with two attached hydrogens (primary N) is 1. The highest BCUT2D eigenvalue weighted by Gasteiger charge is 1.95. The summed E-state index contributed by atoms with van der Waals surface area (Å²) in [5, 5.41) is 10.7. The predicted molar refractivity (Wildman–Crippen MR) is 54.0 cm³/mol. The van der Waals surface area contributed by atoms with Crippen LogP contribution in [0.1, 0.15) is 13.8 Å². The number of aliphatic hydroxyl groups excluding tert-OH is 1. The second kappa shape index (κ2) is 8.00. The van der Waals surface area contributed by atoms with Crippen LogP contribution in [-0.2, 0) is 9.59 Å². The zero-order valence-electron chi connectivity index (χ0n) is 8.41. The molecule has 80 valence electrons. The molecular weight excluding hydrogens is 184 g/mol. The van der Waals surface area contributed by atoms with E-state index in [2.05, 4.69) is 18.5 Å². The minimum absolute atomic E-state index is 0.361. The van der Waals surface area contributed by atoms with Gasteiger partial charge in [0.25, 0.3) is 0 Å². The van der Waals surface area contributed by atoms with E-state index >= 15 is 0 Å². The smallest absolute Gasteiger partial charge is 0.245 e. The minimum Gasteiger partial charge on any atom is -0.374 e. The Labute approximate surface area is 83.3 Å². The molecule has 5 nitrogen and oxygen atoms in total. The molecule has 0 aromatic carbocycles. The van der Waals surface area contributed by atoms with Crippen LogP contribution in [0.4, 0.5) is 0 Å². The summed E-state index contributed by atoms with van der Waals surface area (Å²) < 4.78 is 0. The van der Waals surface area contributed by atoms with Gasteiger partial charge in [-0.1, -0.05) is 13.2 Å². The summed E-state index contributed by atoms with van der Waals surface area (Å²) in [6.07, 6.45) is 0.313. The van der Waals surface area contributed by atoms with E-state index in [0.717, 1.165) is 6.08 Å². The van der Waals surface area contributed by atoms with E-state index in [1.54, 1.807) is 6.92 Å². The highest BCUT2D eigenvalue weighted by atomic mass is 16.3. The van der Waals surface area contributed by atoms with E-state index in [0.29, 0.717) is 5.57 Å². The molecule has 0 bridgehead atoms. The Bertz CT molecular complexity index is 222. The molecule has 0 aliphatic rings. The molecule has 0 fully saturated rings. The summed E-state index contributed by atoms with van der Waals surface area (Å²) in [7, 11) is 0. The van der Waals surface area contributed by atoms with Crippen molar-refractivity contribution in [2.75, 3.05) is 0 Å². The lowest BCUT2D eigenvalue weighted by molar-refractivity contribution is -0.119. The van der Waals surface area contributed by atoms with Crippen molar-refractivity contribution in [1.29, 1.82) is 0 Å². The van der Waals surface area contributed by atoms with Crippen molar-refractivity contribution in [3.63, 3.8) is 0 Å². The van der Waals surface area contributed by atoms with Crippen molar-refractivity contribution in [3.05, 3.63) is 24.8 Å². The van der Waals surface area contributed by atoms with Crippen molar-refractivity contribution in [2.45, 2.75) is 20.1 Å². The van der Waals surface area contributed by atoms with Crippen molar-refractivity contribution in [1.82, 2.24) is 5.32 Å². The first kappa shape index (κ1) is 14.9. The van der Waals surface area contributed by atoms with Crippen molar-refractivity contribution in [2.24, 2.45) is 5.73 Å². The first-order valence-electron chi connectivity index (χ1n) is 3.87. The molecule has 0 aromatic rings. The molecule has 1 atom stereocenters. The number of aliphatic hydroxyl groups is 1. The van der Waals surface area contributed by atoms with Crippen LogP contribution in [0, 0.1) is 0 Å².